The molecule has 3 aromatic carbocycles. The minimum Gasteiger partial charge on any atom is -0.507 e. The fraction of sp³-hybridized carbons (Fsp3) is 0.267. The van der Waals surface area contributed by atoms with Gasteiger partial charge in [-0.3, -0.25) is 19.4 Å². The second-order valence-corrected chi connectivity index (χ2v) is 9.74. The van der Waals surface area contributed by atoms with Crippen LogP contribution in [0, 0.1) is 12.8 Å². The highest BCUT2D eigenvalue weighted by Crippen LogP contribution is 2.56. The Bertz CT molecular complexity index is 1600. The number of rotatable bonds is 5. The Hall–Kier alpha value is -4.46. The number of ketones is 2. The molecule has 2 N–H and O–H groups in total. The van der Waals surface area contributed by atoms with E-state index in [0.29, 0.717) is 5.71 Å². The fourth-order valence-corrected chi connectivity index (χ4v) is 5.43. The van der Waals surface area contributed by atoms with E-state index in [1.165, 1.54) is 26.3 Å². The van der Waals surface area contributed by atoms with Crippen molar-refractivity contribution in [3.05, 3.63) is 76.6 Å². The molecule has 0 saturated heterocycles. The summed E-state index contributed by atoms with van der Waals surface area (Å²) in [6.45, 7) is 5.41. The van der Waals surface area contributed by atoms with Crippen molar-refractivity contribution in [2.24, 2.45) is 10.9 Å². The minimum absolute atomic E-state index is 0.00404. The number of amides is 1. The van der Waals surface area contributed by atoms with Crippen molar-refractivity contribution in [3.8, 4) is 17.2 Å². The molecule has 1 aliphatic carbocycles. The zero-order valence-corrected chi connectivity index (χ0v) is 21.8. The van der Waals surface area contributed by atoms with E-state index in [0.717, 1.165) is 21.9 Å². The molecule has 0 spiro atoms. The third-order valence-corrected chi connectivity index (χ3v) is 7.66. The number of allylic oxidation sites excluding steroid dienone is 2. The van der Waals surface area contributed by atoms with Crippen molar-refractivity contribution in [3.63, 3.8) is 0 Å². The van der Waals surface area contributed by atoms with Crippen molar-refractivity contribution in [1.82, 2.24) is 5.32 Å². The number of ether oxygens (including phenoxy) is 2. The molecule has 0 bridgehead atoms. The van der Waals surface area contributed by atoms with Crippen LogP contribution in [0.1, 0.15) is 40.9 Å². The number of methoxy groups -OCH3 is 1. The predicted octanol–water partition coefficient (Wildman–Crippen LogP) is 4.19. The van der Waals surface area contributed by atoms with Gasteiger partial charge in [-0.1, -0.05) is 36.4 Å². The molecule has 0 radical (unpaired) electrons. The number of aliphatic imine (C=N–C) groups is 1. The Morgan fingerprint density at radius 1 is 1.21 bits per heavy atom. The summed E-state index contributed by atoms with van der Waals surface area (Å²) in [5, 5.41) is 16.0. The van der Waals surface area contributed by atoms with Crippen molar-refractivity contribution >= 4 is 34.0 Å². The Kier molecular flexibility index (Phi) is 6.06. The molecule has 0 fully saturated rings. The molecule has 8 heteroatoms. The van der Waals surface area contributed by atoms with E-state index < -0.39 is 28.8 Å². The maximum absolute atomic E-state index is 13.7. The van der Waals surface area contributed by atoms with E-state index in [-0.39, 0.29) is 40.7 Å². The summed E-state index contributed by atoms with van der Waals surface area (Å²) in [7, 11) is 2.89. The Morgan fingerprint density at radius 2 is 1.95 bits per heavy atom. The molecular weight excluding hydrogens is 484 g/mol. The van der Waals surface area contributed by atoms with Gasteiger partial charge in [-0.25, -0.2) is 0 Å². The van der Waals surface area contributed by atoms with Crippen LogP contribution in [-0.4, -0.2) is 42.4 Å². The van der Waals surface area contributed by atoms with E-state index in [4.69, 9.17) is 9.47 Å². The highest BCUT2D eigenvalue weighted by atomic mass is 16.5. The molecule has 0 aromatic heterocycles. The first-order valence-corrected chi connectivity index (χ1v) is 12.2. The van der Waals surface area contributed by atoms with Gasteiger partial charge in [0.25, 0.3) is 5.91 Å². The smallest absolute Gasteiger partial charge is 0.259 e. The SMILES string of the molecule is CN=C(C)C1C(=O)C=C2Oc3c(C(=O)NCc4c(C)ccc5ccccc45)c(OC)cc(O)c3[C@]2(C)C1=O. The number of aromatic hydroxyl groups is 1. The number of phenols is 1. The lowest BCUT2D eigenvalue weighted by Crippen LogP contribution is -2.47. The van der Waals surface area contributed by atoms with Gasteiger partial charge in [0, 0.05) is 31.4 Å². The van der Waals surface area contributed by atoms with E-state index in [1.807, 2.05) is 43.3 Å². The number of Topliss-reactive ketones (excluding diaryl/α,β-unsaturated/α-hetero) is 1. The van der Waals surface area contributed by atoms with Gasteiger partial charge in [0.05, 0.1) is 12.7 Å². The number of hydrogen-bond donors (Lipinski definition) is 2. The van der Waals surface area contributed by atoms with Gasteiger partial charge < -0.3 is 19.9 Å². The van der Waals surface area contributed by atoms with Gasteiger partial charge >= 0.3 is 0 Å². The molecule has 0 saturated carbocycles. The molecule has 3 aromatic rings. The number of benzene rings is 3. The van der Waals surface area contributed by atoms with Gasteiger partial charge in [-0.05, 0) is 42.7 Å². The van der Waals surface area contributed by atoms with E-state index in [2.05, 4.69) is 10.3 Å². The molecule has 1 unspecified atom stereocenters. The minimum atomic E-state index is -1.47. The van der Waals surface area contributed by atoms with Crippen molar-refractivity contribution in [2.45, 2.75) is 32.7 Å². The summed E-state index contributed by atoms with van der Waals surface area (Å²) in [5.74, 6) is -2.66. The topological polar surface area (TPSA) is 114 Å². The number of carbonyl (C=O) groups excluding carboxylic acids is 3. The number of aryl methyl sites for hydroxylation is 1. The summed E-state index contributed by atoms with van der Waals surface area (Å²) in [6.07, 6.45) is 1.26. The Morgan fingerprint density at radius 3 is 2.66 bits per heavy atom. The number of phenolic OH excluding ortho intramolecular Hbond substituents is 1. The number of hydrogen-bond acceptors (Lipinski definition) is 7. The molecule has 8 nitrogen and oxygen atoms in total. The zero-order chi connectivity index (χ0) is 27.4. The predicted molar refractivity (Wildman–Crippen MR) is 143 cm³/mol. The first kappa shape index (κ1) is 25.2. The normalized spacial score (nSPS) is 20.5. The highest BCUT2D eigenvalue weighted by Gasteiger charge is 2.57. The summed E-state index contributed by atoms with van der Waals surface area (Å²) in [4.78, 5) is 44.2. The van der Waals surface area contributed by atoms with Gasteiger partial charge in [0.15, 0.2) is 17.3 Å². The van der Waals surface area contributed by atoms with Crippen molar-refractivity contribution in [2.75, 3.05) is 14.2 Å². The van der Waals surface area contributed by atoms with Crippen LogP contribution in [0.15, 0.2) is 59.3 Å². The van der Waals surface area contributed by atoms with Gasteiger partial charge in [0.2, 0.25) is 0 Å². The van der Waals surface area contributed by atoms with Crippen molar-refractivity contribution in [1.29, 1.82) is 0 Å². The molecular formula is C30H28N2O6. The monoisotopic (exact) mass is 512 g/mol. The van der Waals surface area contributed by atoms with Crippen LogP contribution in [0.5, 0.6) is 17.2 Å². The summed E-state index contributed by atoms with van der Waals surface area (Å²) < 4.78 is 11.5. The lowest BCUT2D eigenvalue weighted by molar-refractivity contribution is -0.131. The summed E-state index contributed by atoms with van der Waals surface area (Å²) in [6, 6.07) is 13.3. The van der Waals surface area contributed by atoms with Gasteiger partial charge in [-0.2, -0.15) is 0 Å². The number of fused-ring (bicyclic) bond motifs is 4. The van der Waals surface area contributed by atoms with Gasteiger partial charge in [-0.15, -0.1) is 0 Å². The van der Waals surface area contributed by atoms with E-state index in [1.54, 1.807) is 13.8 Å². The average Bonchev–Trinajstić information content (AvgIpc) is 3.21. The maximum atomic E-state index is 13.7. The number of nitrogens with zero attached hydrogens (tertiary/aromatic N) is 1. The Balaban J connectivity index is 1.59. The first-order valence-electron chi connectivity index (χ1n) is 12.2. The van der Waals surface area contributed by atoms with Crippen LogP contribution in [0.2, 0.25) is 0 Å². The average molecular weight is 513 g/mol. The van der Waals surface area contributed by atoms with Crippen LogP contribution in [0.4, 0.5) is 0 Å². The summed E-state index contributed by atoms with van der Waals surface area (Å²) in [5.41, 5.74) is 1.04. The molecule has 1 heterocycles. The third kappa shape index (κ3) is 3.59. The lowest BCUT2D eigenvalue weighted by atomic mass is 9.67. The fourth-order valence-electron chi connectivity index (χ4n) is 5.43. The van der Waals surface area contributed by atoms with Crippen LogP contribution in [0.25, 0.3) is 10.8 Å². The molecule has 2 atom stereocenters. The highest BCUT2D eigenvalue weighted by molar-refractivity contribution is 6.28. The third-order valence-electron chi connectivity index (χ3n) is 7.66. The number of nitrogens with one attached hydrogen (secondary N) is 1. The van der Waals surface area contributed by atoms with Crippen LogP contribution >= 0.6 is 0 Å². The molecule has 5 rings (SSSR count). The lowest BCUT2D eigenvalue weighted by Gasteiger charge is -2.31. The molecule has 194 valence electrons. The zero-order valence-electron chi connectivity index (χ0n) is 21.8. The van der Waals surface area contributed by atoms with E-state index in [9.17, 15) is 19.5 Å². The molecule has 2 aliphatic rings. The van der Waals surface area contributed by atoms with Gasteiger partial charge in [0.1, 0.15) is 34.2 Å². The van der Waals surface area contributed by atoms with Crippen molar-refractivity contribution < 1.29 is 29.0 Å². The quantitative estimate of drug-likeness (QED) is 0.392. The second kappa shape index (κ2) is 9.13. The van der Waals surface area contributed by atoms with Crippen LogP contribution in [-0.2, 0) is 21.5 Å². The van der Waals surface area contributed by atoms with Crippen LogP contribution in [0.3, 0.4) is 0 Å². The molecule has 1 aliphatic heterocycles. The molecule has 38 heavy (non-hydrogen) atoms. The molecule has 1 amide bonds. The largest absolute Gasteiger partial charge is 0.507 e. The second-order valence-electron chi connectivity index (χ2n) is 9.74. The number of carbonyl (C=O) groups is 3. The Labute approximate surface area is 220 Å². The summed E-state index contributed by atoms with van der Waals surface area (Å²) >= 11 is 0. The maximum Gasteiger partial charge on any atom is 0.259 e. The first-order chi connectivity index (χ1) is 18.1. The standard InChI is InChI=1S/C30H28N2O6/c1-15-10-11-17-8-6-7-9-18(17)19(15)14-32-29(36)25-22(37-5)12-21(34)26-27(25)38-23-13-20(33)24(16(2)31-4)28(35)30(23,26)3/h6-13,24,34H,14H2,1-5H3,(H,32,36)/t24?,30-/m1/s1. The van der Waals surface area contributed by atoms with E-state index >= 15 is 0 Å². The van der Waals surface area contributed by atoms with Crippen LogP contribution < -0.4 is 14.8 Å².